The minimum Gasteiger partial charge on any atom is -0.508 e. The number of phenols is 1. The first-order chi connectivity index (χ1) is 20.0. The summed E-state index contributed by atoms with van der Waals surface area (Å²) in [6.45, 7) is 0.458. The summed E-state index contributed by atoms with van der Waals surface area (Å²) in [6, 6.07) is 9.97. The van der Waals surface area contributed by atoms with Crippen molar-refractivity contribution in [2.24, 2.45) is 17.2 Å². The summed E-state index contributed by atoms with van der Waals surface area (Å²) in [5.74, 6) is -4.18. The number of hydrogen-bond acceptors (Lipinski definition) is 8. The number of aliphatic carboxylic acids is 1. The molecule has 0 aromatic heterocycles. The molecule has 4 amide bonds. The number of aromatic hydroxyl groups is 1. The van der Waals surface area contributed by atoms with Crippen molar-refractivity contribution in [3.63, 3.8) is 0 Å². The number of hydrogen-bond donors (Lipinski definition) is 8. The molecular formula is C29H40N6O7. The maximum atomic E-state index is 13.4. The minimum absolute atomic E-state index is 0.00227. The number of carboxylic acid groups (broad SMARTS) is 1. The van der Waals surface area contributed by atoms with Crippen molar-refractivity contribution in [1.29, 1.82) is 0 Å². The molecule has 0 aliphatic heterocycles. The van der Waals surface area contributed by atoms with Crippen LogP contribution < -0.4 is 33.2 Å². The van der Waals surface area contributed by atoms with Crippen LogP contribution in [0.15, 0.2) is 54.6 Å². The number of amides is 4. The summed E-state index contributed by atoms with van der Waals surface area (Å²) < 4.78 is 0. The number of nitrogens with two attached hydrogens (primary N) is 3. The van der Waals surface area contributed by atoms with E-state index in [1.807, 2.05) is 0 Å². The van der Waals surface area contributed by atoms with Gasteiger partial charge in [-0.05, 0) is 49.1 Å². The number of rotatable bonds is 18. The normalized spacial score (nSPS) is 13.7. The van der Waals surface area contributed by atoms with Gasteiger partial charge in [0.2, 0.25) is 23.6 Å². The Balaban J connectivity index is 2.22. The van der Waals surface area contributed by atoms with E-state index in [2.05, 4.69) is 16.0 Å². The zero-order valence-corrected chi connectivity index (χ0v) is 23.3. The molecule has 11 N–H and O–H groups in total. The van der Waals surface area contributed by atoms with Gasteiger partial charge in [-0.3, -0.25) is 19.2 Å². The Labute approximate surface area is 244 Å². The third kappa shape index (κ3) is 11.9. The van der Waals surface area contributed by atoms with E-state index in [9.17, 15) is 34.2 Å². The van der Waals surface area contributed by atoms with E-state index >= 15 is 0 Å². The molecule has 13 heteroatoms. The SMILES string of the molecule is NCCCCC(N)C(=O)NC(Cc1ccccc1)C(=O)NC(CCC(N)=O)C(=O)NC(Cc1ccc(O)cc1)C(=O)O. The molecule has 13 nitrogen and oxygen atoms in total. The third-order valence-corrected chi connectivity index (χ3v) is 6.52. The van der Waals surface area contributed by atoms with Crippen molar-refractivity contribution in [3.8, 4) is 5.75 Å². The average Bonchev–Trinajstić information content (AvgIpc) is 2.95. The van der Waals surface area contributed by atoms with Crippen molar-refractivity contribution < 1.29 is 34.2 Å². The molecule has 0 bridgehead atoms. The molecule has 2 aromatic carbocycles. The number of benzene rings is 2. The minimum atomic E-state index is -1.37. The molecule has 0 saturated carbocycles. The topological polar surface area (TPSA) is 240 Å². The van der Waals surface area contributed by atoms with E-state index in [0.29, 0.717) is 31.4 Å². The lowest BCUT2D eigenvalue weighted by Gasteiger charge is -2.25. The molecule has 2 rings (SSSR count). The quantitative estimate of drug-likeness (QED) is 0.105. The van der Waals surface area contributed by atoms with Crippen LogP contribution in [0.2, 0.25) is 0 Å². The van der Waals surface area contributed by atoms with Gasteiger partial charge in [-0.2, -0.15) is 0 Å². The highest BCUT2D eigenvalue weighted by atomic mass is 16.4. The fraction of sp³-hybridized carbons (Fsp3) is 0.414. The van der Waals surface area contributed by atoms with Gasteiger partial charge in [0.25, 0.3) is 0 Å². The van der Waals surface area contributed by atoms with Gasteiger partial charge in [0, 0.05) is 19.3 Å². The summed E-state index contributed by atoms with van der Waals surface area (Å²) in [4.78, 5) is 62.9. The Bertz CT molecular complexity index is 1190. The summed E-state index contributed by atoms with van der Waals surface area (Å²) in [6.07, 6.45) is 1.19. The van der Waals surface area contributed by atoms with Gasteiger partial charge in [-0.15, -0.1) is 0 Å². The fourth-order valence-corrected chi connectivity index (χ4v) is 4.15. The zero-order valence-electron chi connectivity index (χ0n) is 23.3. The Morgan fingerprint density at radius 1 is 0.714 bits per heavy atom. The Morgan fingerprint density at radius 3 is 1.86 bits per heavy atom. The average molecular weight is 585 g/mol. The summed E-state index contributed by atoms with van der Waals surface area (Å²) >= 11 is 0. The molecule has 0 aliphatic carbocycles. The second-order valence-electron chi connectivity index (χ2n) is 9.98. The molecule has 4 atom stereocenters. The van der Waals surface area contributed by atoms with Crippen LogP contribution in [0.25, 0.3) is 0 Å². The predicted molar refractivity (Wildman–Crippen MR) is 155 cm³/mol. The summed E-state index contributed by atoms with van der Waals surface area (Å²) in [7, 11) is 0. The lowest BCUT2D eigenvalue weighted by atomic mass is 10.0. The summed E-state index contributed by atoms with van der Waals surface area (Å²) in [5.41, 5.74) is 18.1. The number of phenolic OH excluding ortho intramolecular Hbond substituents is 1. The number of unbranched alkanes of at least 4 members (excludes halogenated alkanes) is 1. The van der Waals surface area contributed by atoms with Gasteiger partial charge in [0.05, 0.1) is 6.04 Å². The Kier molecular flexibility index (Phi) is 13.9. The van der Waals surface area contributed by atoms with Gasteiger partial charge >= 0.3 is 5.97 Å². The third-order valence-electron chi connectivity index (χ3n) is 6.52. The van der Waals surface area contributed by atoms with Crippen LogP contribution in [0, 0.1) is 0 Å². The van der Waals surface area contributed by atoms with Crippen molar-refractivity contribution >= 4 is 29.6 Å². The van der Waals surface area contributed by atoms with E-state index in [4.69, 9.17) is 17.2 Å². The van der Waals surface area contributed by atoms with Crippen molar-refractivity contribution in [2.45, 2.75) is 69.1 Å². The standard InChI is InChI=1S/C29H40N6O7/c30-15-5-4-8-21(31)26(38)34-23(16-18-6-2-1-3-7-18)28(40)33-22(13-14-25(32)37)27(39)35-24(29(41)42)17-19-9-11-20(36)12-10-19/h1-3,6-7,9-12,21-24,36H,4-5,8,13-17,30-31H2,(H2,32,37)(H,33,40)(H,34,38)(H,35,39)(H,41,42). The lowest BCUT2D eigenvalue weighted by Crippen LogP contribution is -2.57. The molecule has 0 radical (unpaired) electrons. The van der Waals surface area contributed by atoms with Crippen LogP contribution in [0.4, 0.5) is 0 Å². The molecule has 2 aromatic rings. The van der Waals surface area contributed by atoms with E-state index < -0.39 is 53.8 Å². The zero-order chi connectivity index (χ0) is 31.1. The maximum absolute atomic E-state index is 13.4. The molecule has 42 heavy (non-hydrogen) atoms. The summed E-state index contributed by atoms with van der Waals surface area (Å²) in [5, 5.41) is 26.8. The largest absolute Gasteiger partial charge is 0.508 e. The van der Waals surface area contributed by atoms with E-state index in [-0.39, 0.29) is 31.4 Å². The van der Waals surface area contributed by atoms with Crippen molar-refractivity contribution in [1.82, 2.24) is 16.0 Å². The van der Waals surface area contributed by atoms with Crippen molar-refractivity contribution in [3.05, 3.63) is 65.7 Å². The first-order valence-corrected chi connectivity index (χ1v) is 13.7. The number of carboxylic acids is 1. The number of nitrogens with one attached hydrogen (secondary N) is 3. The second kappa shape index (κ2) is 17.4. The van der Waals surface area contributed by atoms with E-state index in [1.54, 1.807) is 30.3 Å². The molecular weight excluding hydrogens is 544 g/mol. The molecule has 228 valence electrons. The molecule has 0 aliphatic rings. The van der Waals surface area contributed by atoms with Crippen LogP contribution >= 0.6 is 0 Å². The Hall–Kier alpha value is -4.49. The molecule has 0 saturated heterocycles. The first kappa shape index (κ1) is 33.7. The molecule has 0 heterocycles. The predicted octanol–water partition coefficient (Wildman–Crippen LogP) is -0.562. The number of carbonyl (C=O) groups is 5. The van der Waals surface area contributed by atoms with Crippen molar-refractivity contribution in [2.75, 3.05) is 6.54 Å². The first-order valence-electron chi connectivity index (χ1n) is 13.7. The second-order valence-corrected chi connectivity index (χ2v) is 9.98. The lowest BCUT2D eigenvalue weighted by molar-refractivity contribution is -0.142. The number of carbonyl (C=O) groups excluding carboxylic acids is 4. The highest BCUT2D eigenvalue weighted by Crippen LogP contribution is 2.12. The van der Waals surface area contributed by atoms with Crippen LogP contribution in [0.3, 0.4) is 0 Å². The van der Waals surface area contributed by atoms with Crippen LogP contribution in [0.1, 0.15) is 43.2 Å². The van der Waals surface area contributed by atoms with E-state index in [1.165, 1.54) is 24.3 Å². The van der Waals surface area contributed by atoms with Gasteiger partial charge in [-0.25, -0.2) is 4.79 Å². The van der Waals surface area contributed by atoms with Gasteiger partial charge in [-0.1, -0.05) is 48.9 Å². The Morgan fingerprint density at radius 2 is 1.26 bits per heavy atom. The highest BCUT2D eigenvalue weighted by Gasteiger charge is 2.31. The van der Waals surface area contributed by atoms with E-state index in [0.717, 1.165) is 5.56 Å². The number of primary amides is 1. The smallest absolute Gasteiger partial charge is 0.326 e. The van der Waals surface area contributed by atoms with Gasteiger partial charge in [0.1, 0.15) is 23.9 Å². The molecule has 4 unspecified atom stereocenters. The van der Waals surface area contributed by atoms with Gasteiger partial charge in [0.15, 0.2) is 0 Å². The highest BCUT2D eigenvalue weighted by molar-refractivity contribution is 5.94. The monoisotopic (exact) mass is 584 g/mol. The molecule has 0 fully saturated rings. The molecule has 0 spiro atoms. The fourth-order valence-electron chi connectivity index (χ4n) is 4.15. The van der Waals surface area contributed by atoms with Crippen LogP contribution in [-0.4, -0.2) is 70.5 Å². The van der Waals surface area contributed by atoms with Gasteiger partial charge < -0.3 is 43.4 Å². The van der Waals surface area contributed by atoms with Crippen LogP contribution in [-0.2, 0) is 36.8 Å². The van der Waals surface area contributed by atoms with Crippen LogP contribution in [0.5, 0.6) is 5.75 Å². The maximum Gasteiger partial charge on any atom is 0.326 e.